The van der Waals surface area contributed by atoms with Gasteiger partial charge in [0, 0.05) is 61.1 Å². The van der Waals surface area contributed by atoms with Crippen LogP contribution >= 0.6 is 23.2 Å². The predicted molar refractivity (Wildman–Crippen MR) is 194 cm³/mol. The smallest absolute Gasteiger partial charge is 0.276 e. The molecule has 50 heavy (non-hydrogen) atoms. The number of carbonyl (C=O) groups excluding carboxylic acids is 1. The van der Waals surface area contributed by atoms with E-state index in [0.29, 0.717) is 57.0 Å². The number of halogens is 2. The standard InChI is InChI=1S/C36H38Cl2N8O4/c37-32-25(4-1-6-28(32)42-35-34-22(9-11-39-35)14-21(16-40-34)17-45-13-10-24(49)18-45)26-5-2-7-29(33(26)38)43-36(50)30-15-31-27(41-23(19-47)20-48)8-3-12-46(31)44-30/h1-2,4-7,9,11,14-16,23-24,27,41,47-49H,3,8,10,12-13,17-20H2,(H,39,42)(H,43,50)/t24-,27?/m1/s1. The molecule has 1 amide bonds. The first kappa shape index (κ1) is 34.3. The van der Waals surface area contributed by atoms with E-state index in [9.17, 15) is 20.1 Å². The maximum absolute atomic E-state index is 13.4. The number of fused-ring (bicyclic) bond motifs is 2. The lowest BCUT2D eigenvalue weighted by Crippen LogP contribution is -2.40. The van der Waals surface area contributed by atoms with Crippen molar-refractivity contribution in [3.63, 3.8) is 0 Å². The molecule has 5 aromatic rings. The summed E-state index contributed by atoms with van der Waals surface area (Å²) < 4.78 is 1.79. The average Bonchev–Trinajstić information content (AvgIpc) is 3.75. The first-order chi connectivity index (χ1) is 24.3. The van der Waals surface area contributed by atoms with Crippen LogP contribution < -0.4 is 16.0 Å². The Morgan fingerprint density at radius 2 is 1.72 bits per heavy atom. The zero-order chi connectivity index (χ0) is 34.8. The van der Waals surface area contributed by atoms with E-state index in [-0.39, 0.29) is 31.1 Å². The SMILES string of the molecule is O=C(Nc1cccc(-c2cccc(Nc3nccc4cc(CN5CC[C@@H](O)C5)cnc34)c2Cl)c1Cl)c1cc2n(n1)CCCC2NC(CO)CO. The highest BCUT2D eigenvalue weighted by Gasteiger charge is 2.27. The zero-order valence-corrected chi connectivity index (χ0v) is 28.7. The van der Waals surface area contributed by atoms with Crippen LogP contribution in [0.4, 0.5) is 17.2 Å². The summed E-state index contributed by atoms with van der Waals surface area (Å²) in [6, 6.07) is 16.1. The lowest BCUT2D eigenvalue weighted by atomic mass is 10.0. The van der Waals surface area contributed by atoms with E-state index in [4.69, 9.17) is 28.2 Å². The van der Waals surface area contributed by atoms with Gasteiger partial charge in [0.2, 0.25) is 0 Å². The van der Waals surface area contributed by atoms with E-state index in [2.05, 4.69) is 37.0 Å². The van der Waals surface area contributed by atoms with Crippen molar-refractivity contribution in [3.8, 4) is 11.1 Å². The Balaban J connectivity index is 1.10. The highest BCUT2D eigenvalue weighted by molar-refractivity contribution is 6.39. The van der Waals surface area contributed by atoms with Crippen LogP contribution in [-0.2, 0) is 13.1 Å². The monoisotopic (exact) mass is 716 g/mol. The zero-order valence-electron chi connectivity index (χ0n) is 27.2. The first-order valence-electron chi connectivity index (χ1n) is 16.7. The molecule has 0 bridgehead atoms. The number of aliphatic hydroxyl groups excluding tert-OH is 3. The van der Waals surface area contributed by atoms with E-state index in [0.717, 1.165) is 49.0 Å². The van der Waals surface area contributed by atoms with Crippen LogP contribution in [0.15, 0.2) is 67.0 Å². The summed E-state index contributed by atoms with van der Waals surface area (Å²) >= 11 is 13.9. The third-order valence-electron chi connectivity index (χ3n) is 9.24. The number of hydrogen-bond donors (Lipinski definition) is 6. The van der Waals surface area contributed by atoms with Crippen molar-refractivity contribution in [1.82, 2.24) is 30.0 Å². The van der Waals surface area contributed by atoms with Gasteiger partial charge in [-0.1, -0.05) is 47.5 Å². The molecule has 1 unspecified atom stereocenters. The number of carbonyl (C=O) groups is 1. The second-order valence-corrected chi connectivity index (χ2v) is 13.5. The molecule has 260 valence electrons. The third-order valence-corrected chi connectivity index (χ3v) is 10.1. The molecule has 7 rings (SSSR count). The molecule has 2 aliphatic rings. The number of aliphatic hydroxyl groups is 3. The van der Waals surface area contributed by atoms with Gasteiger partial charge in [0.1, 0.15) is 5.52 Å². The lowest BCUT2D eigenvalue weighted by Gasteiger charge is -2.27. The molecule has 12 nitrogen and oxygen atoms in total. The van der Waals surface area contributed by atoms with Gasteiger partial charge in [-0.3, -0.25) is 19.4 Å². The second-order valence-electron chi connectivity index (χ2n) is 12.8. The third kappa shape index (κ3) is 7.19. The van der Waals surface area contributed by atoms with E-state index < -0.39 is 11.9 Å². The van der Waals surface area contributed by atoms with Gasteiger partial charge < -0.3 is 31.3 Å². The van der Waals surface area contributed by atoms with Gasteiger partial charge in [-0.2, -0.15) is 5.10 Å². The first-order valence-corrected chi connectivity index (χ1v) is 17.4. The van der Waals surface area contributed by atoms with E-state index >= 15 is 0 Å². The summed E-state index contributed by atoms with van der Waals surface area (Å²) in [6.45, 7) is 2.52. The number of rotatable bonds is 11. The van der Waals surface area contributed by atoms with Crippen LogP contribution in [0, 0.1) is 0 Å². The summed E-state index contributed by atoms with van der Waals surface area (Å²) in [4.78, 5) is 24.9. The van der Waals surface area contributed by atoms with Crippen molar-refractivity contribution < 1.29 is 20.1 Å². The molecule has 2 aromatic carbocycles. The normalized spacial score (nSPS) is 17.7. The van der Waals surface area contributed by atoms with Crippen LogP contribution in [-0.4, -0.2) is 84.3 Å². The number of nitrogens with one attached hydrogen (secondary N) is 3. The van der Waals surface area contributed by atoms with Crippen molar-refractivity contribution in [2.45, 2.75) is 50.5 Å². The summed E-state index contributed by atoms with van der Waals surface area (Å²) in [6.07, 6.45) is 5.73. The Morgan fingerprint density at radius 3 is 2.46 bits per heavy atom. The maximum Gasteiger partial charge on any atom is 0.276 e. The van der Waals surface area contributed by atoms with E-state index in [1.165, 1.54) is 0 Å². The molecule has 1 fully saturated rings. The quantitative estimate of drug-likeness (QED) is 0.108. The number of likely N-dealkylation sites (tertiary alicyclic amines) is 1. The number of pyridine rings is 2. The van der Waals surface area contributed by atoms with Gasteiger partial charge in [0.15, 0.2) is 11.5 Å². The number of nitrogens with zero attached hydrogens (tertiary/aromatic N) is 5. The van der Waals surface area contributed by atoms with Gasteiger partial charge in [0.05, 0.1) is 52.5 Å². The number of β-amino-alcohol motifs (C(OH)–C–C–N with tert-alkyl or cyclic N) is 1. The molecule has 1 saturated heterocycles. The number of anilines is 3. The van der Waals surface area contributed by atoms with Gasteiger partial charge in [-0.15, -0.1) is 0 Å². The Morgan fingerprint density at radius 1 is 0.960 bits per heavy atom. The molecular weight excluding hydrogens is 679 g/mol. The van der Waals surface area contributed by atoms with Crippen molar-refractivity contribution in [2.75, 3.05) is 36.9 Å². The van der Waals surface area contributed by atoms with Crippen LogP contribution in [0.25, 0.3) is 22.0 Å². The van der Waals surface area contributed by atoms with Crippen molar-refractivity contribution in [3.05, 3.63) is 94.0 Å². The number of aryl methyl sites for hydroxylation is 1. The highest BCUT2D eigenvalue weighted by atomic mass is 35.5. The lowest BCUT2D eigenvalue weighted by molar-refractivity contribution is 0.102. The van der Waals surface area contributed by atoms with Crippen LogP contribution in [0.3, 0.4) is 0 Å². The van der Waals surface area contributed by atoms with Crippen LogP contribution in [0.2, 0.25) is 10.0 Å². The number of hydrogen-bond acceptors (Lipinski definition) is 10. The average molecular weight is 718 g/mol. The van der Waals surface area contributed by atoms with Gasteiger partial charge in [0.25, 0.3) is 5.91 Å². The summed E-state index contributed by atoms with van der Waals surface area (Å²) in [7, 11) is 0. The number of amides is 1. The molecule has 0 saturated carbocycles. The minimum atomic E-state index is -0.462. The molecule has 5 heterocycles. The maximum atomic E-state index is 13.4. The molecule has 2 atom stereocenters. The topological polar surface area (TPSA) is 161 Å². The fourth-order valence-corrected chi connectivity index (χ4v) is 7.25. The summed E-state index contributed by atoms with van der Waals surface area (Å²) in [5.74, 6) is 0.142. The van der Waals surface area contributed by atoms with Crippen LogP contribution in [0.5, 0.6) is 0 Å². The van der Waals surface area contributed by atoms with E-state index in [1.54, 1.807) is 29.1 Å². The van der Waals surface area contributed by atoms with Gasteiger partial charge in [-0.25, -0.2) is 4.98 Å². The Kier molecular flexibility index (Phi) is 10.3. The minimum Gasteiger partial charge on any atom is -0.395 e. The van der Waals surface area contributed by atoms with Crippen molar-refractivity contribution >= 4 is 57.2 Å². The van der Waals surface area contributed by atoms with Crippen LogP contribution in [0.1, 0.15) is 47.1 Å². The highest BCUT2D eigenvalue weighted by Crippen LogP contribution is 2.41. The molecule has 0 aliphatic carbocycles. The van der Waals surface area contributed by atoms with E-state index in [1.807, 2.05) is 36.5 Å². The Labute approximate surface area is 299 Å². The summed E-state index contributed by atoms with van der Waals surface area (Å²) in [5.41, 5.74) is 5.14. The molecule has 0 spiro atoms. The molecule has 3 aromatic heterocycles. The predicted octanol–water partition coefficient (Wildman–Crippen LogP) is 5.14. The fourth-order valence-electron chi connectivity index (χ4n) is 6.70. The van der Waals surface area contributed by atoms with Gasteiger partial charge >= 0.3 is 0 Å². The molecule has 14 heteroatoms. The van der Waals surface area contributed by atoms with Gasteiger partial charge in [-0.05, 0) is 55.2 Å². The molecular formula is C36H38Cl2N8O4. The molecule has 0 radical (unpaired) electrons. The largest absolute Gasteiger partial charge is 0.395 e. The Hall–Kier alpha value is -4.14. The number of aromatic nitrogens is 4. The second kappa shape index (κ2) is 15.0. The summed E-state index contributed by atoms with van der Waals surface area (Å²) in [5, 5.41) is 44.7. The number of benzene rings is 2. The fraction of sp³-hybridized carbons (Fsp3) is 0.333. The van der Waals surface area contributed by atoms with Crippen molar-refractivity contribution in [2.24, 2.45) is 0 Å². The van der Waals surface area contributed by atoms with Crippen molar-refractivity contribution in [1.29, 1.82) is 0 Å². The minimum absolute atomic E-state index is 0.148. The Bertz CT molecular complexity index is 2020. The molecule has 2 aliphatic heterocycles. The molecule has 6 N–H and O–H groups in total.